The molecule has 0 aliphatic carbocycles. The maximum atomic E-state index is 13.0. The van der Waals surface area contributed by atoms with E-state index in [2.05, 4.69) is 31.0 Å². The van der Waals surface area contributed by atoms with Gasteiger partial charge in [-0.3, -0.25) is 4.79 Å². The van der Waals surface area contributed by atoms with Crippen molar-refractivity contribution in [3.8, 4) is 5.88 Å². The fourth-order valence-corrected chi connectivity index (χ4v) is 3.92. The van der Waals surface area contributed by atoms with Crippen molar-refractivity contribution in [3.05, 3.63) is 53.6 Å². The van der Waals surface area contributed by atoms with Gasteiger partial charge in [0.2, 0.25) is 5.91 Å². The Balaban J connectivity index is 1.55. The lowest BCUT2D eigenvalue weighted by Gasteiger charge is -2.33. The number of aromatic nitrogens is 2. The molecule has 0 spiro atoms. The molecule has 6 heteroatoms. The third-order valence-corrected chi connectivity index (χ3v) is 5.83. The molecule has 1 aliphatic heterocycles. The van der Waals surface area contributed by atoms with E-state index in [0.29, 0.717) is 19.0 Å². The van der Waals surface area contributed by atoms with E-state index in [4.69, 9.17) is 14.7 Å². The summed E-state index contributed by atoms with van der Waals surface area (Å²) in [7, 11) is 0. The van der Waals surface area contributed by atoms with E-state index < -0.39 is 0 Å². The van der Waals surface area contributed by atoms with Crippen LogP contribution < -0.4 is 15.0 Å². The first kappa shape index (κ1) is 21.1. The number of nitrogens with one attached hydrogen (secondary N) is 1. The molecule has 1 saturated heterocycles. The number of fused-ring (bicyclic) bond motifs is 1. The number of carbonyl (C=O) groups excluding carboxylic acids is 1. The summed E-state index contributed by atoms with van der Waals surface area (Å²) in [5.41, 5.74) is 4.90. The van der Waals surface area contributed by atoms with Crippen LogP contribution in [0.4, 0.5) is 11.5 Å². The molecule has 2 aromatic carbocycles. The van der Waals surface area contributed by atoms with Crippen molar-refractivity contribution in [2.45, 2.75) is 40.0 Å². The largest absolute Gasteiger partial charge is 0.475 e. The van der Waals surface area contributed by atoms with Gasteiger partial charge in [0.05, 0.1) is 23.6 Å². The molecule has 6 nitrogen and oxygen atoms in total. The Bertz CT molecular complexity index is 1080. The maximum Gasteiger partial charge on any atom is 0.258 e. The minimum atomic E-state index is -0.109. The number of anilines is 2. The first-order valence-corrected chi connectivity index (χ1v) is 11.1. The van der Waals surface area contributed by atoms with E-state index in [9.17, 15) is 4.79 Å². The molecule has 1 unspecified atom stereocenters. The van der Waals surface area contributed by atoms with Crippen molar-refractivity contribution >= 4 is 28.4 Å². The molecule has 0 saturated carbocycles. The van der Waals surface area contributed by atoms with Gasteiger partial charge in [-0.1, -0.05) is 25.1 Å². The van der Waals surface area contributed by atoms with Crippen molar-refractivity contribution in [2.24, 2.45) is 5.92 Å². The summed E-state index contributed by atoms with van der Waals surface area (Å²) < 4.78 is 5.95. The molecule has 31 heavy (non-hydrogen) atoms. The highest BCUT2D eigenvalue weighted by molar-refractivity contribution is 5.93. The summed E-state index contributed by atoms with van der Waals surface area (Å²) in [6, 6.07) is 13.9. The number of carbonyl (C=O) groups is 1. The predicted octanol–water partition coefficient (Wildman–Crippen LogP) is 4.89. The molecule has 2 heterocycles. The zero-order valence-corrected chi connectivity index (χ0v) is 18.5. The quantitative estimate of drug-likeness (QED) is 0.617. The Hall–Kier alpha value is -3.15. The van der Waals surface area contributed by atoms with Crippen LogP contribution in [-0.2, 0) is 4.79 Å². The molecule has 0 radical (unpaired) electrons. The lowest BCUT2D eigenvalue weighted by Crippen LogP contribution is -2.41. The fourth-order valence-electron chi connectivity index (χ4n) is 3.92. The molecular formula is C25H30N4O2. The number of nitrogens with zero attached hydrogens (tertiary/aromatic N) is 3. The van der Waals surface area contributed by atoms with Crippen LogP contribution in [0.15, 0.2) is 42.5 Å². The first-order chi connectivity index (χ1) is 15.0. The van der Waals surface area contributed by atoms with Crippen LogP contribution in [0.1, 0.15) is 37.3 Å². The summed E-state index contributed by atoms with van der Waals surface area (Å²) in [5, 5.41) is 3.10. The normalized spacial score (nSPS) is 16.4. The predicted molar refractivity (Wildman–Crippen MR) is 125 cm³/mol. The van der Waals surface area contributed by atoms with Gasteiger partial charge in [-0.15, -0.1) is 0 Å². The summed E-state index contributed by atoms with van der Waals surface area (Å²) >= 11 is 0. The lowest BCUT2D eigenvalue weighted by molar-refractivity contribution is -0.120. The van der Waals surface area contributed by atoms with Crippen molar-refractivity contribution in [1.29, 1.82) is 0 Å². The van der Waals surface area contributed by atoms with Crippen LogP contribution >= 0.6 is 0 Å². The number of piperidine rings is 1. The third-order valence-electron chi connectivity index (χ3n) is 5.83. The van der Waals surface area contributed by atoms with Gasteiger partial charge < -0.3 is 15.0 Å². The van der Waals surface area contributed by atoms with E-state index in [1.54, 1.807) is 0 Å². The Labute approximate surface area is 183 Å². The molecule has 162 valence electrons. The fraction of sp³-hybridized carbons (Fsp3) is 0.400. The van der Waals surface area contributed by atoms with Crippen LogP contribution in [0.25, 0.3) is 11.0 Å². The molecule has 1 atom stereocenters. The van der Waals surface area contributed by atoms with Crippen LogP contribution in [-0.4, -0.2) is 35.6 Å². The number of benzene rings is 2. The smallest absolute Gasteiger partial charge is 0.258 e. The second kappa shape index (κ2) is 9.33. The molecular weight excluding hydrogens is 388 g/mol. The molecule has 1 fully saturated rings. The summed E-state index contributed by atoms with van der Waals surface area (Å²) in [6.45, 7) is 8.23. The second-order valence-corrected chi connectivity index (χ2v) is 8.26. The standard InChI is InChI=1S/C25H30N4O2/c1-4-14-31-25-23(27-21-9-5-6-10-22(21)28-25)29-13-7-8-19(16-29)24(30)26-20-12-11-17(2)18(3)15-20/h5-6,9-12,15,19H,4,7-8,13-14,16H2,1-3H3,(H,26,30). The summed E-state index contributed by atoms with van der Waals surface area (Å²) in [6.07, 6.45) is 2.68. The lowest BCUT2D eigenvalue weighted by atomic mass is 9.97. The van der Waals surface area contributed by atoms with Crippen LogP contribution in [0, 0.1) is 19.8 Å². The molecule has 1 aromatic heterocycles. The zero-order valence-electron chi connectivity index (χ0n) is 18.5. The number of hydrogen-bond donors (Lipinski definition) is 1. The van der Waals surface area contributed by atoms with E-state index in [1.165, 1.54) is 11.1 Å². The first-order valence-electron chi connectivity index (χ1n) is 11.1. The van der Waals surface area contributed by atoms with Gasteiger partial charge in [-0.2, -0.15) is 0 Å². The van der Waals surface area contributed by atoms with E-state index in [-0.39, 0.29) is 11.8 Å². The highest BCUT2D eigenvalue weighted by Gasteiger charge is 2.29. The van der Waals surface area contributed by atoms with Gasteiger partial charge >= 0.3 is 0 Å². The van der Waals surface area contributed by atoms with Gasteiger partial charge in [0.15, 0.2) is 5.82 Å². The maximum absolute atomic E-state index is 13.0. The van der Waals surface area contributed by atoms with Crippen molar-refractivity contribution in [2.75, 3.05) is 29.9 Å². The van der Waals surface area contributed by atoms with Crippen LogP contribution in [0.5, 0.6) is 5.88 Å². The molecule has 1 N–H and O–H groups in total. The molecule has 1 aliphatic rings. The second-order valence-electron chi connectivity index (χ2n) is 8.26. The molecule has 4 rings (SSSR count). The van der Waals surface area contributed by atoms with Gasteiger partial charge in [-0.25, -0.2) is 9.97 Å². The van der Waals surface area contributed by atoms with Crippen molar-refractivity contribution in [1.82, 2.24) is 9.97 Å². The Morgan fingerprint density at radius 1 is 1.13 bits per heavy atom. The van der Waals surface area contributed by atoms with Crippen molar-refractivity contribution < 1.29 is 9.53 Å². The molecule has 1 amide bonds. The van der Waals surface area contributed by atoms with Crippen LogP contribution in [0.2, 0.25) is 0 Å². The number of aryl methyl sites for hydroxylation is 2. The van der Waals surface area contributed by atoms with Crippen molar-refractivity contribution in [3.63, 3.8) is 0 Å². The van der Waals surface area contributed by atoms with E-state index in [0.717, 1.165) is 48.3 Å². The van der Waals surface area contributed by atoms with Gasteiger partial charge in [0.1, 0.15) is 0 Å². The van der Waals surface area contributed by atoms with Crippen LogP contribution in [0.3, 0.4) is 0 Å². The molecule has 0 bridgehead atoms. The number of amides is 1. The van der Waals surface area contributed by atoms with E-state index in [1.807, 2.05) is 42.5 Å². The SMILES string of the molecule is CCCOc1nc2ccccc2nc1N1CCCC(C(=O)Nc2ccc(C)c(C)c2)C1. The van der Waals surface area contributed by atoms with E-state index >= 15 is 0 Å². The summed E-state index contributed by atoms with van der Waals surface area (Å²) in [4.78, 5) is 24.7. The third kappa shape index (κ3) is 4.79. The van der Waals surface area contributed by atoms with Gasteiger partial charge in [0, 0.05) is 18.8 Å². The summed E-state index contributed by atoms with van der Waals surface area (Å²) in [5.74, 6) is 1.23. The highest BCUT2D eigenvalue weighted by atomic mass is 16.5. The number of ether oxygens (including phenoxy) is 1. The Kier molecular flexibility index (Phi) is 6.35. The monoisotopic (exact) mass is 418 g/mol. The average Bonchev–Trinajstić information content (AvgIpc) is 2.79. The minimum Gasteiger partial charge on any atom is -0.475 e. The number of rotatable bonds is 6. The number of para-hydroxylation sites is 2. The van der Waals surface area contributed by atoms with Gasteiger partial charge in [0.25, 0.3) is 5.88 Å². The van der Waals surface area contributed by atoms with Gasteiger partial charge in [-0.05, 0) is 68.5 Å². The average molecular weight is 419 g/mol. The molecule has 3 aromatic rings. The Morgan fingerprint density at radius 3 is 2.65 bits per heavy atom. The number of hydrogen-bond acceptors (Lipinski definition) is 5. The highest BCUT2D eigenvalue weighted by Crippen LogP contribution is 2.31. The minimum absolute atomic E-state index is 0.0535. The Morgan fingerprint density at radius 2 is 1.90 bits per heavy atom. The zero-order chi connectivity index (χ0) is 21.8. The topological polar surface area (TPSA) is 67.4 Å².